The second kappa shape index (κ2) is 13.7. The minimum absolute atomic E-state index is 0.281. The molecule has 0 spiro atoms. The largest absolute Gasteiger partial charge is 0.494 e. The maximum Gasteiger partial charge on any atom is 0.119 e. The summed E-state index contributed by atoms with van der Waals surface area (Å²) in [5, 5.41) is 8.81. The van der Waals surface area contributed by atoms with Gasteiger partial charge in [-0.05, 0) is 61.4 Å². The summed E-state index contributed by atoms with van der Waals surface area (Å²) in [5.74, 6) is 0.898. The first-order chi connectivity index (χ1) is 15.8. The third-order valence-electron chi connectivity index (χ3n) is 5.84. The van der Waals surface area contributed by atoms with E-state index in [2.05, 4.69) is 55.5 Å². The number of nitrogens with zero attached hydrogens (tertiary/aromatic N) is 1. The van der Waals surface area contributed by atoms with Gasteiger partial charge < -0.3 is 9.84 Å². The molecule has 3 aromatic rings. The lowest BCUT2D eigenvalue weighted by atomic mass is 10.0. The van der Waals surface area contributed by atoms with Gasteiger partial charge in [-0.1, -0.05) is 75.1 Å². The zero-order chi connectivity index (χ0) is 22.4. The van der Waals surface area contributed by atoms with E-state index >= 15 is 0 Å². The van der Waals surface area contributed by atoms with Crippen LogP contribution in [0.15, 0.2) is 66.9 Å². The third-order valence-corrected chi connectivity index (χ3v) is 5.84. The lowest BCUT2D eigenvalue weighted by Crippen LogP contribution is -1.97. The molecule has 3 rings (SSSR count). The fourth-order valence-corrected chi connectivity index (χ4v) is 3.83. The van der Waals surface area contributed by atoms with Crippen molar-refractivity contribution in [3.63, 3.8) is 0 Å². The van der Waals surface area contributed by atoms with Crippen molar-refractivity contribution >= 4 is 0 Å². The highest BCUT2D eigenvalue weighted by molar-refractivity contribution is 5.67. The van der Waals surface area contributed by atoms with Gasteiger partial charge in [-0.3, -0.25) is 4.98 Å². The summed E-state index contributed by atoms with van der Waals surface area (Å²) >= 11 is 0. The van der Waals surface area contributed by atoms with E-state index in [1.54, 1.807) is 0 Å². The van der Waals surface area contributed by atoms with Crippen LogP contribution in [0.4, 0.5) is 0 Å². The Balaban J connectivity index is 1.50. The zero-order valence-corrected chi connectivity index (χ0v) is 19.4. The summed E-state index contributed by atoms with van der Waals surface area (Å²) in [5.41, 5.74) is 5.83. The highest BCUT2D eigenvalue weighted by atomic mass is 16.5. The second-order valence-electron chi connectivity index (χ2n) is 8.45. The van der Waals surface area contributed by atoms with E-state index in [-0.39, 0.29) is 6.61 Å². The second-order valence-corrected chi connectivity index (χ2v) is 8.45. The summed E-state index contributed by atoms with van der Waals surface area (Å²) in [7, 11) is 0. The van der Waals surface area contributed by atoms with E-state index < -0.39 is 0 Å². The van der Waals surface area contributed by atoms with Crippen molar-refractivity contribution in [3.05, 3.63) is 72.4 Å². The fraction of sp³-hybridized carbons (Fsp3) is 0.414. The lowest BCUT2D eigenvalue weighted by Gasteiger charge is -2.08. The van der Waals surface area contributed by atoms with Crippen molar-refractivity contribution in [2.45, 2.75) is 64.7 Å². The molecule has 2 aromatic carbocycles. The van der Waals surface area contributed by atoms with Gasteiger partial charge in [-0.25, -0.2) is 0 Å². The number of benzene rings is 2. The molecule has 1 N–H and O–H groups in total. The number of aryl methyl sites for hydroxylation is 1. The van der Waals surface area contributed by atoms with Gasteiger partial charge in [0.25, 0.3) is 0 Å². The Morgan fingerprint density at radius 2 is 1.38 bits per heavy atom. The minimum Gasteiger partial charge on any atom is -0.494 e. The monoisotopic (exact) mass is 431 g/mol. The van der Waals surface area contributed by atoms with Crippen LogP contribution in [-0.4, -0.2) is 23.3 Å². The van der Waals surface area contributed by atoms with Crippen LogP contribution >= 0.6 is 0 Å². The van der Waals surface area contributed by atoms with Crippen LogP contribution in [0.2, 0.25) is 0 Å². The Kier molecular flexibility index (Phi) is 10.3. The van der Waals surface area contributed by atoms with E-state index in [4.69, 9.17) is 14.8 Å². The van der Waals surface area contributed by atoms with E-state index in [1.807, 2.05) is 18.3 Å². The van der Waals surface area contributed by atoms with Crippen LogP contribution in [0.1, 0.15) is 63.9 Å². The van der Waals surface area contributed by atoms with Crippen LogP contribution in [0, 0.1) is 0 Å². The van der Waals surface area contributed by atoms with Crippen LogP contribution < -0.4 is 4.74 Å². The smallest absolute Gasteiger partial charge is 0.119 e. The first-order valence-corrected chi connectivity index (χ1v) is 12.2. The molecule has 0 aliphatic heterocycles. The molecule has 0 saturated heterocycles. The van der Waals surface area contributed by atoms with E-state index in [9.17, 15) is 0 Å². The molecule has 3 heteroatoms. The van der Waals surface area contributed by atoms with Crippen molar-refractivity contribution in [2.24, 2.45) is 0 Å². The van der Waals surface area contributed by atoms with E-state index in [1.165, 1.54) is 31.2 Å². The molecular weight excluding hydrogens is 394 g/mol. The average molecular weight is 432 g/mol. The van der Waals surface area contributed by atoms with Crippen LogP contribution in [0.5, 0.6) is 5.75 Å². The zero-order valence-electron chi connectivity index (χ0n) is 19.4. The van der Waals surface area contributed by atoms with Gasteiger partial charge in [0.1, 0.15) is 5.75 Å². The summed E-state index contributed by atoms with van der Waals surface area (Å²) in [6, 6.07) is 21.3. The normalized spacial score (nSPS) is 10.9. The molecule has 0 amide bonds. The molecule has 0 atom stereocenters. The molecule has 0 bridgehead atoms. The predicted octanol–water partition coefficient (Wildman–Crippen LogP) is 7.47. The summed E-state index contributed by atoms with van der Waals surface area (Å²) in [6.45, 7) is 3.25. The van der Waals surface area contributed by atoms with Crippen molar-refractivity contribution in [1.82, 2.24) is 4.98 Å². The van der Waals surface area contributed by atoms with Gasteiger partial charge in [-0.2, -0.15) is 0 Å². The minimum atomic E-state index is 0.281. The molecule has 0 aliphatic rings. The lowest BCUT2D eigenvalue weighted by molar-refractivity contribution is 0.273. The van der Waals surface area contributed by atoms with Crippen molar-refractivity contribution in [2.75, 3.05) is 13.2 Å². The number of aliphatic hydroxyl groups is 1. The number of hydrogen-bond donors (Lipinski definition) is 1. The third kappa shape index (κ3) is 7.80. The molecule has 170 valence electrons. The topological polar surface area (TPSA) is 42.4 Å². The molecular formula is C29H37NO2. The predicted molar refractivity (Wildman–Crippen MR) is 134 cm³/mol. The maximum atomic E-state index is 8.81. The van der Waals surface area contributed by atoms with Crippen LogP contribution in [0.3, 0.4) is 0 Å². The van der Waals surface area contributed by atoms with Crippen molar-refractivity contribution in [3.8, 4) is 28.1 Å². The number of pyridine rings is 1. The summed E-state index contributed by atoms with van der Waals surface area (Å²) in [4.78, 5) is 4.70. The number of aliphatic hydroxyl groups excluding tert-OH is 1. The number of ether oxygens (including phenoxy) is 1. The van der Waals surface area contributed by atoms with Gasteiger partial charge in [-0.15, -0.1) is 0 Å². The highest BCUT2D eigenvalue weighted by Crippen LogP contribution is 2.25. The number of unbranched alkanes of at least 4 members (excludes halogenated alkanes) is 6. The summed E-state index contributed by atoms with van der Waals surface area (Å²) < 4.78 is 5.82. The maximum absolute atomic E-state index is 8.81. The standard InChI is InChI=1S/C29H37NO2/c1-2-3-4-7-10-24-11-13-26(14-12-24)29-20-17-27(23-30-29)25-15-18-28(19-16-25)32-22-9-6-5-8-21-31/h11-20,23,31H,2-10,21-22H2,1H3. The van der Waals surface area contributed by atoms with Crippen molar-refractivity contribution in [1.29, 1.82) is 0 Å². The molecule has 0 unspecified atom stereocenters. The van der Waals surface area contributed by atoms with Gasteiger partial charge >= 0.3 is 0 Å². The molecule has 1 aromatic heterocycles. The Morgan fingerprint density at radius 3 is 2.06 bits per heavy atom. The van der Waals surface area contributed by atoms with Crippen LogP contribution in [0.25, 0.3) is 22.4 Å². The molecule has 0 saturated carbocycles. The van der Waals surface area contributed by atoms with Crippen molar-refractivity contribution < 1.29 is 9.84 Å². The van der Waals surface area contributed by atoms with Gasteiger partial charge in [0.15, 0.2) is 0 Å². The highest BCUT2D eigenvalue weighted by Gasteiger charge is 2.03. The van der Waals surface area contributed by atoms with Gasteiger partial charge in [0, 0.05) is 23.9 Å². The van der Waals surface area contributed by atoms with Gasteiger partial charge in [0.05, 0.1) is 12.3 Å². The molecule has 0 aliphatic carbocycles. The SMILES string of the molecule is CCCCCCc1ccc(-c2ccc(-c3ccc(OCCCCCCO)cc3)cn2)cc1. The average Bonchev–Trinajstić information content (AvgIpc) is 2.85. The Bertz CT molecular complexity index is 886. The molecule has 32 heavy (non-hydrogen) atoms. The fourth-order valence-electron chi connectivity index (χ4n) is 3.83. The van der Waals surface area contributed by atoms with E-state index in [0.29, 0.717) is 0 Å². The Labute approximate surface area is 193 Å². The molecule has 0 fully saturated rings. The summed E-state index contributed by atoms with van der Waals surface area (Å²) in [6.07, 6.45) is 12.4. The molecule has 0 radical (unpaired) electrons. The Hall–Kier alpha value is -2.65. The number of rotatable bonds is 14. The number of hydrogen-bond acceptors (Lipinski definition) is 3. The molecule has 1 heterocycles. The molecule has 3 nitrogen and oxygen atoms in total. The van der Waals surface area contributed by atoms with Crippen LogP contribution in [-0.2, 0) is 6.42 Å². The quantitative estimate of drug-likeness (QED) is 0.269. The first kappa shape index (κ1) is 24.0. The van der Waals surface area contributed by atoms with E-state index in [0.717, 1.165) is 66.8 Å². The Morgan fingerprint density at radius 1 is 0.688 bits per heavy atom. The number of aromatic nitrogens is 1. The van der Waals surface area contributed by atoms with Gasteiger partial charge in [0.2, 0.25) is 0 Å². The first-order valence-electron chi connectivity index (χ1n) is 12.2.